The summed E-state index contributed by atoms with van der Waals surface area (Å²) in [6.07, 6.45) is -1.93. The first-order valence-electron chi connectivity index (χ1n) is 4.72. The van der Waals surface area contributed by atoms with Crippen LogP contribution < -0.4 is 16.8 Å². The number of anilines is 2. The Bertz CT molecular complexity index is 330. The summed E-state index contributed by atoms with van der Waals surface area (Å²) < 4.78 is 0. The monoisotopic (exact) mass is 211 g/mol. The van der Waals surface area contributed by atoms with E-state index in [1.165, 1.54) is 0 Å². The number of para-hydroxylation sites is 1. The molecule has 5 heteroatoms. The highest BCUT2D eigenvalue weighted by Gasteiger charge is 2.20. The average Bonchev–Trinajstić information content (AvgIpc) is 2.21. The first-order valence-corrected chi connectivity index (χ1v) is 4.72. The van der Waals surface area contributed by atoms with E-state index in [0.29, 0.717) is 16.9 Å². The Balaban J connectivity index is 2.90. The van der Waals surface area contributed by atoms with E-state index in [1.807, 2.05) is 0 Å². The van der Waals surface area contributed by atoms with Crippen molar-refractivity contribution in [2.45, 2.75) is 12.2 Å². The summed E-state index contributed by atoms with van der Waals surface area (Å²) in [7, 11) is 1.69. The van der Waals surface area contributed by atoms with Crippen LogP contribution in [0.4, 0.5) is 11.4 Å². The van der Waals surface area contributed by atoms with Crippen LogP contribution in [0.25, 0.3) is 0 Å². The van der Waals surface area contributed by atoms with Gasteiger partial charge in [0.2, 0.25) is 0 Å². The zero-order valence-corrected chi connectivity index (χ0v) is 8.64. The number of nitrogen functional groups attached to an aromatic ring is 2. The van der Waals surface area contributed by atoms with E-state index in [4.69, 9.17) is 11.5 Å². The van der Waals surface area contributed by atoms with E-state index in [-0.39, 0.29) is 6.54 Å². The SMILES string of the molecule is CNCC(O)C(O)c1cccc(N)c1N. The van der Waals surface area contributed by atoms with Crippen molar-refractivity contribution in [1.82, 2.24) is 5.32 Å². The fourth-order valence-electron chi connectivity index (χ4n) is 1.39. The second kappa shape index (κ2) is 4.97. The number of nitrogens with one attached hydrogen (secondary N) is 1. The molecule has 0 aliphatic carbocycles. The Morgan fingerprint density at radius 1 is 1.33 bits per heavy atom. The van der Waals surface area contributed by atoms with Crippen molar-refractivity contribution in [2.24, 2.45) is 0 Å². The van der Waals surface area contributed by atoms with Crippen LogP contribution >= 0.6 is 0 Å². The first kappa shape index (κ1) is 11.8. The predicted molar refractivity (Wildman–Crippen MR) is 60.2 cm³/mol. The quantitative estimate of drug-likeness (QED) is 0.430. The minimum Gasteiger partial charge on any atom is -0.397 e. The van der Waals surface area contributed by atoms with Crippen molar-refractivity contribution in [3.63, 3.8) is 0 Å². The van der Waals surface area contributed by atoms with Gasteiger partial charge < -0.3 is 27.0 Å². The van der Waals surface area contributed by atoms with Gasteiger partial charge in [-0.15, -0.1) is 0 Å². The van der Waals surface area contributed by atoms with E-state index in [0.717, 1.165) is 0 Å². The largest absolute Gasteiger partial charge is 0.397 e. The highest BCUT2D eigenvalue weighted by atomic mass is 16.3. The molecule has 0 radical (unpaired) electrons. The molecule has 2 atom stereocenters. The molecule has 0 saturated carbocycles. The summed E-state index contributed by atoms with van der Waals surface area (Å²) in [4.78, 5) is 0. The summed E-state index contributed by atoms with van der Waals surface area (Å²) in [6, 6.07) is 4.99. The minimum absolute atomic E-state index is 0.287. The third kappa shape index (κ3) is 2.59. The van der Waals surface area contributed by atoms with Crippen LogP contribution in [0.15, 0.2) is 18.2 Å². The number of likely N-dealkylation sites (N-methyl/N-ethyl adjacent to an activating group) is 1. The lowest BCUT2D eigenvalue weighted by atomic mass is 10.0. The topological polar surface area (TPSA) is 105 Å². The van der Waals surface area contributed by atoms with Crippen molar-refractivity contribution in [3.8, 4) is 0 Å². The maximum absolute atomic E-state index is 9.80. The molecule has 7 N–H and O–H groups in total. The summed E-state index contributed by atoms with van der Waals surface area (Å²) in [6.45, 7) is 0.287. The Morgan fingerprint density at radius 2 is 2.00 bits per heavy atom. The number of benzene rings is 1. The number of rotatable bonds is 4. The van der Waals surface area contributed by atoms with Gasteiger partial charge in [0, 0.05) is 12.1 Å². The molecule has 1 rings (SSSR count). The van der Waals surface area contributed by atoms with Gasteiger partial charge >= 0.3 is 0 Å². The van der Waals surface area contributed by atoms with Gasteiger partial charge in [0.05, 0.1) is 17.5 Å². The van der Waals surface area contributed by atoms with Gasteiger partial charge in [0.25, 0.3) is 0 Å². The molecule has 0 amide bonds. The number of aliphatic hydroxyl groups excluding tert-OH is 2. The second-order valence-corrected chi connectivity index (χ2v) is 3.42. The zero-order chi connectivity index (χ0) is 11.4. The smallest absolute Gasteiger partial charge is 0.108 e. The van der Waals surface area contributed by atoms with Crippen LogP contribution in [0.3, 0.4) is 0 Å². The number of aliphatic hydroxyl groups is 2. The molecular weight excluding hydrogens is 194 g/mol. The van der Waals surface area contributed by atoms with Gasteiger partial charge in [0.1, 0.15) is 6.10 Å². The first-order chi connectivity index (χ1) is 7.07. The van der Waals surface area contributed by atoms with Crippen LogP contribution in [0, 0.1) is 0 Å². The molecule has 0 aliphatic rings. The van der Waals surface area contributed by atoms with E-state index in [1.54, 1.807) is 25.2 Å². The fraction of sp³-hybridized carbons (Fsp3) is 0.400. The van der Waals surface area contributed by atoms with Crippen LogP contribution in [0.1, 0.15) is 11.7 Å². The van der Waals surface area contributed by atoms with Crippen molar-refractivity contribution in [1.29, 1.82) is 0 Å². The van der Waals surface area contributed by atoms with Crippen LogP contribution in [-0.4, -0.2) is 29.9 Å². The molecule has 0 bridgehead atoms. The van der Waals surface area contributed by atoms with E-state index in [9.17, 15) is 10.2 Å². The Kier molecular flexibility index (Phi) is 3.90. The van der Waals surface area contributed by atoms with Gasteiger partial charge in [0.15, 0.2) is 0 Å². The van der Waals surface area contributed by atoms with Crippen LogP contribution in [0.5, 0.6) is 0 Å². The fourth-order valence-corrected chi connectivity index (χ4v) is 1.39. The van der Waals surface area contributed by atoms with Crippen LogP contribution in [-0.2, 0) is 0 Å². The average molecular weight is 211 g/mol. The number of hydrogen-bond donors (Lipinski definition) is 5. The molecule has 0 spiro atoms. The molecule has 0 fully saturated rings. The Morgan fingerprint density at radius 3 is 2.60 bits per heavy atom. The molecule has 2 unspecified atom stereocenters. The molecule has 84 valence electrons. The summed E-state index contributed by atoms with van der Waals surface area (Å²) in [5.41, 5.74) is 12.5. The standard InChI is InChI=1S/C10H17N3O2/c1-13-5-8(14)10(15)6-3-2-4-7(11)9(6)12/h2-4,8,10,13-15H,5,11-12H2,1H3. The second-order valence-electron chi connectivity index (χ2n) is 3.42. The lowest BCUT2D eigenvalue weighted by molar-refractivity contribution is 0.0207. The molecule has 1 aromatic carbocycles. The van der Waals surface area contributed by atoms with E-state index < -0.39 is 12.2 Å². The molecule has 0 aromatic heterocycles. The maximum Gasteiger partial charge on any atom is 0.108 e. The molecule has 0 saturated heterocycles. The minimum atomic E-state index is -1.03. The van der Waals surface area contributed by atoms with Crippen molar-refractivity contribution in [3.05, 3.63) is 23.8 Å². The van der Waals surface area contributed by atoms with E-state index in [2.05, 4.69) is 5.32 Å². The summed E-state index contributed by atoms with van der Waals surface area (Å²) >= 11 is 0. The highest BCUT2D eigenvalue weighted by molar-refractivity contribution is 5.67. The number of nitrogens with two attached hydrogens (primary N) is 2. The van der Waals surface area contributed by atoms with Crippen molar-refractivity contribution in [2.75, 3.05) is 25.1 Å². The van der Waals surface area contributed by atoms with Crippen molar-refractivity contribution < 1.29 is 10.2 Å². The molecule has 5 nitrogen and oxygen atoms in total. The van der Waals surface area contributed by atoms with Gasteiger partial charge in [-0.2, -0.15) is 0 Å². The lowest BCUT2D eigenvalue weighted by Gasteiger charge is -2.19. The third-order valence-corrected chi connectivity index (χ3v) is 2.27. The number of hydrogen-bond acceptors (Lipinski definition) is 5. The Labute approximate surface area is 88.7 Å². The van der Waals surface area contributed by atoms with Gasteiger partial charge in [-0.25, -0.2) is 0 Å². The maximum atomic E-state index is 9.80. The molecule has 1 aromatic rings. The third-order valence-electron chi connectivity index (χ3n) is 2.27. The molecule has 0 aliphatic heterocycles. The van der Waals surface area contributed by atoms with Gasteiger partial charge in [-0.3, -0.25) is 0 Å². The van der Waals surface area contributed by atoms with Crippen LogP contribution in [0.2, 0.25) is 0 Å². The molecule has 15 heavy (non-hydrogen) atoms. The molecular formula is C10H17N3O2. The van der Waals surface area contributed by atoms with Gasteiger partial charge in [-0.1, -0.05) is 12.1 Å². The lowest BCUT2D eigenvalue weighted by Crippen LogP contribution is -2.30. The highest BCUT2D eigenvalue weighted by Crippen LogP contribution is 2.27. The normalized spacial score (nSPS) is 14.9. The predicted octanol–water partition coefficient (Wildman–Crippen LogP) is -0.535. The van der Waals surface area contributed by atoms with Gasteiger partial charge in [-0.05, 0) is 13.1 Å². The Hall–Kier alpha value is -1.30. The van der Waals surface area contributed by atoms with E-state index >= 15 is 0 Å². The molecule has 0 heterocycles. The van der Waals surface area contributed by atoms with Crippen molar-refractivity contribution >= 4 is 11.4 Å². The zero-order valence-electron chi connectivity index (χ0n) is 8.64. The summed E-state index contributed by atoms with van der Waals surface area (Å²) in [5, 5.41) is 22.1. The summed E-state index contributed by atoms with van der Waals surface area (Å²) in [5.74, 6) is 0.